The van der Waals surface area contributed by atoms with Crippen LogP contribution in [-0.4, -0.2) is 235 Å². The van der Waals surface area contributed by atoms with Crippen molar-refractivity contribution in [3.05, 3.63) is 159 Å². The third-order valence-corrected chi connectivity index (χ3v) is 40.9. The van der Waals surface area contributed by atoms with Crippen molar-refractivity contribution >= 4 is 98.8 Å². The molecule has 6 amide bonds. The van der Waals surface area contributed by atoms with Gasteiger partial charge in [0.15, 0.2) is 0 Å². The van der Waals surface area contributed by atoms with Gasteiger partial charge in [-0.3, -0.25) is 28.8 Å². The molecule has 6 N–H and O–H groups in total. The van der Waals surface area contributed by atoms with Gasteiger partial charge >= 0.3 is 30.6 Å². The van der Waals surface area contributed by atoms with E-state index in [0.29, 0.717) is 75.2 Å². The molecule has 15 aliphatic rings. The smallest absolute Gasteiger partial charge is 0.303 e. The SMILES string of the molecule is COc1ccc2c(c1)C1CC1(C(=O)N1C3CCC1CC(NC(C)C)C3)Cn1c-2c(C2CCCCC2)c2ccc(C(=O)NS(=O)(=O)N(C)C)cc21.COc1ccc2c(c1)[C@@H]1C[C@]1(C(=O)N1C3CCC1CC(C)(O)C3)Cn1c-2c(C2CCCCC2)c2ccc(C(=O)NS(=O)(=O)N(C)C)cc21.COc1ccc2c(c1)[C@@H]1C[C@]1(C(=O)N1C3CCC1CC(C)(O)C3)Cn1c-2c(C2CCCCC2)c2ccc(C(=O)NS(=O)(=O)N(C)C)cc21. The molecule has 0 radical (unpaired) electrons. The number of piperidine rings is 3. The molecule has 24 rings (SSSR count). The number of benzene rings is 6. The van der Waals surface area contributed by atoms with Gasteiger partial charge in [-0.25, -0.2) is 14.2 Å². The standard InChI is InChI=1S/C39H51N5O5S.2C37H46N4O6S/c1-23(2)40-26-18-27-12-13-28(19-26)44(27)38(46)39-21-33(39)32-20-29(49-5)14-16-30(32)36-35(24-9-7-6-8-10-24)31-15-11-25(17-34(31)43(36)22-39)37(45)41-50(47,48)42(3)4;2*1-36(44)18-24-11-12-25(19-36)41(24)35(43)37-20-30(37)29-17-26(47-4)13-15-27(29)33-32(22-8-6-5-7-9-22)28-14-10-23(16-31(28)40(33)21-37)34(42)38-48(45,46)39(2)3/h11,14-17,20,23-24,26-28,33,40H,6-10,12-13,18-19,21-22H2,1-5H3,(H,41,45);2*10,13-17,22,24-25,30,44H,5-9,11-12,18-21H2,1-4H3,(H,38,42)/t;2*24?,25?,30-,36?,37-/m.00/s1. The number of nitrogens with zero attached hydrogens (tertiary/aromatic N) is 9. The molecule has 6 saturated carbocycles. The minimum atomic E-state index is -3.98. The summed E-state index contributed by atoms with van der Waals surface area (Å²) in [6.07, 6.45) is 29.4. The molecule has 30 nitrogen and oxygen atoms in total. The summed E-state index contributed by atoms with van der Waals surface area (Å²) in [5.74, 6) is 2.02. The summed E-state index contributed by atoms with van der Waals surface area (Å²) in [5.41, 5.74) is 13.9. The number of methoxy groups -OCH3 is 3. The first kappa shape index (κ1) is 100. The third-order valence-electron chi connectivity index (χ3n) is 36.7. The first-order valence-electron chi connectivity index (χ1n) is 53.5. The van der Waals surface area contributed by atoms with Crippen molar-refractivity contribution in [3.63, 3.8) is 0 Å². The Balaban J connectivity index is 0.000000125. The molecule has 9 aliphatic heterocycles. The molecular weight excluding hydrogens is 1910 g/mol. The number of carbonyl (C=O) groups is 6. The number of aromatic nitrogens is 3. The molecule has 6 bridgehead atoms. The summed E-state index contributed by atoms with van der Waals surface area (Å²) < 4.78 is 109. The van der Waals surface area contributed by atoms with Crippen molar-refractivity contribution in [2.45, 2.75) is 335 Å². The Morgan fingerprint density at radius 3 is 0.890 bits per heavy atom. The lowest BCUT2D eigenvalue weighted by molar-refractivity contribution is -0.148. The molecule has 12 fully saturated rings. The number of hydrogen-bond donors (Lipinski definition) is 6. The number of amides is 6. The fourth-order valence-electron chi connectivity index (χ4n) is 29.5. The van der Waals surface area contributed by atoms with E-state index in [1.54, 1.807) is 39.5 Å². The monoisotopic (exact) mass is 2050 g/mol. The van der Waals surface area contributed by atoms with E-state index in [2.05, 4.69) is 98.1 Å². The van der Waals surface area contributed by atoms with E-state index in [9.17, 15) is 49.9 Å². The second-order valence-electron chi connectivity index (χ2n) is 47.1. The van der Waals surface area contributed by atoms with E-state index in [1.165, 1.54) is 96.6 Å². The van der Waals surface area contributed by atoms with Crippen LogP contribution in [0.5, 0.6) is 17.2 Å². The maximum Gasteiger partial charge on any atom is 0.303 e. The predicted molar refractivity (Wildman–Crippen MR) is 561 cm³/mol. The molecule has 6 aliphatic carbocycles. The fourth-order valence-corrected chi connectivity index (χ4v) is 31.1. The predicted octanol–water partition coefficient (Wildman–Crippen LogP) is 16.5. The molecule has 12 heterocycles. The van der Waals surface area contributed by atoms with Crippen LogP contribution in [-0.2, 0) is 64.6 Å². The summed E-state index contributed by atoms with van der Waals surface area (Å²) in [4.78, 5) is 92.0. The van der Waals surface area contributed by atoms with Crippen molar-refractivity contribution in [2.75, 3.05) is 63.6 Å². The summed E-state index contributed by atoms with van der Waals surface area (Å²) in [6.45, 7) is 9.65. The number of hydrogen-bond acceptors (Lipinski definition) is 18. The number of carbonyl (C=O) groups excluding carboxylic acids is 6. The third kappa shape index (κ3) is 17.2. The molecule has 3 aromatic heterocycles. The molecule has 9 aromatic rings. The Morgan fingerprint density at radius 1 is 0.363 bits per heavy atom. The van der Waals surface area contributed by atoms with Gasteiger partial charge in [0.1, 0.15) is 17.2 Å². The average Bonchev–Trinajstić information content (AvgIpc) is 1.52. The lowest BCUT2D eigenvalue weighted by Gasteiger charge is -2.43. The molecule has 12 atom stereocenters. The Labute approximate surface area is 857 Å². The second-order valence-corrected chi connectivity index (χ2v) is 52.7. The summed E-state index contributed by atoms with van der Waals surface area (Å²) in [6, 6.07) is 37.0. The topological polar surface area (TPSA) is 355 Å². The maximum atomic E-state index is 15.2. The number of rotatable bonds is 20. The molecule has 8 unspecified atom stereocenters. The van der Waals surface area contributed by atoms with Crippen LogP contribution in [0.3, 0.4) is 0 Å². The van der Waals surface area contributed by atoms with E-state index in [4.69, 9.17) is 14.2 Å². The summed E-state index contributed by atoms with van der Waals surface area (Å²) in [5, 5.41) is 28.9. The largest absolute Gasteiger partial charge is 0.497 e. The lowest BCUT2D eigenvalue weighted by Crippen LogP contribution is -2.54. The van der Waals surface area contributed by atoms with Crippen LogP contribution < -0.4 is 33.7 Å². The van der Waals surface area contributed by atoms with Gasteiger partial charge in [-0.1, -0.05) is 89.8 Å². The van der Waals surface area contributed by atoms with Crippen molar-refractivity contribution < 1.29 is 78.4 Å². The summed E-state index contributed by atoms with van der Waals surface area (Å²) in [7, 11) is 1.43. The van der Waals surface area contributed by atoms with Crippen molar-refractivity contribution in [3.8, 4) is 51.0 Å². The van der Waals surface area contributed by atoms with Crippen molar-refractivity contribution in [1.29, 1.82) is 0 Å². The molecular formula is C113H143N13O17S3. The van der Waals surface area contributed by atoms with Crippen LogP contribution in [0.4, 0.5) is 0 Å². The van der Waals surface area contributed by atoms with Gasteiger partial charge in [-0.2, -0.15) is 38.2 Å². The molecule has 780 valence electrons. The highest BCUT2D eigenvalue weighted by molar-refractivity contribution is 7.88. The lowest BCUT2D eigenvalue weighted by atomic mass is 9.81. The van der Waals surface area contributed by atoms with Gasteiger partial charge in [0.25, 0.3) is 17.7 Å². The van der Waals surface area contributed by atoms with Gasteiger partial charge in [-0.05, 0) is 291 Å². The van der Waals surface area contributed by atoms with E-state index in [-0.39, 0.29) is 88.4 Å². The number of aliphatic hydroxyl groups is 2. The number of fused-ring (bicyclic) bond motifs is 27. The Bertz CT molecular complexity index is 6860. The second kappa shape index (κ2) is 37.2. The van der Waals surface area contributed by atoms with E-state index in [0.717, 1.165) is 243 Å². The number of nitrogens with one attached hydrogen (secondary N) is 4. The first-order valence-corrected chi connectivity index (χ1v) is 57.9. The van der Waals surface area contributed by atoms with Crippen LogP contribution >= 0.6 is 0 Å². The fraction of sp³-hybridized carbons (Fsp3) is 0.575. The van der Waals surface area contributed by atoms with Crippen LogP contribution in [0, 0.1) is 16.2 Å². The average molecular weight is 2050 g/mol. The zero-order chi connectivity index (χ0) is 103. The van der Waals surface area contributed by atoms with Gasteiger partial charge in [-0.15, -0.1) is 0 Å². The molecule has 6 aromatic carbocycles. The van der Waals surface area contributed by atoms with E-state index >= 15 is 14.4 Å². The van der Waals surface area contributed by atoms with E-state index in [1.807, 2.05) is 68.4 Å². The van der Waals surface area contributed by atoms with Gasteiger partial charge in [0.05, 0.1) is 65.9 Å². The normalized spacial score (nSPS) is 28.9. The number of ether oxygens (including phenoxy) is 3. The molecule has 33 heteroatoms. The van der Waals surface area contributed by atoms with Crippen LogP contribution in [0.25, 0.3) is 66.5 Å². The summed E-state index contributed by atoms with van der Waals surface area (Å²) >= 11 is 0. The molecule has 146 heavy (non-hydrogen) atoms. The van der Waals surface area contributed by atoms with Gasteiger partial charge < -0.3 is 58.1 Å². The van der Waals surface area contributed by atoms with Crippen LogP contribution in [0.15, 0.2) is 109 Å². The Kier molecular flexibility index (Phi) is 25.5. The first-order chi connectivity index (χ1) is 69.6. The zero-order valence-corrected chi connectivity index (χ0v) is 89.0. The van der Waals surface area contributed by atoms with Gasteiger partial charge in [0, 0.05) is 194 Å². The Morgan fingerprint density at radius 2 is 0.630 bits per heavy atom. The van der Waals surface area contributed by atoms with Crippen LogP contribution in [0.1, 0.15) is 320 Å². The maximum absolute atomic E-state index is 15.2. The van der Waals surface area contributed by atoms with Crippen LogP contribution in [0.2, 0.25) is 0 Å². The van der Waals surface area contributed by atoms with Crippen molar-refractivity contribution in [2.24, 2.45) is 16.2 Å². The minimum absolute atomic E-state index is 0.0165. The zero-order valence-electron chi connectivity index (χ0n) is 86.6. The van der Waals surface area contributed by atoms with Crippen molar-refractivity contribution in [1.82, 2.24) is 60.8 Å². The Hall–Kier alpha value is -10.2. The minimum Gasteiger partial charge on any atom is -0.497 e. The molecule has 0 spiro atoms. The highest BCUT2D eigenvalue weighted by atomic mass is 32.2. The van der Waals surface area contributed by atoms with E-state index < -0.39 is 75.8 Å². The highest BCUT2D eigenvalue weighted by Gasteiger charge is 2.70. The van der Waals surface area contributed by atoms with Gasteiger partial charge in [0.2, 0.25) is 17.7 Å². The molecule has 6 saturated heterocycles. The highest BCUT2D eigenvalue weighted by Crippen LogP contribution is 2.71. The quantitative estimate of drug-likeness (QED) is 0.0413.